The molecule has 0 saturated heterocycles. The van der Waals surface area contributed by atoms with Gasteiger partial charge in [0.15, 0.2) is 0 Å². The first kappa shape index (κ1) is 20.1. The molecular formula is C27H28N2O. The van der Waals surface area contributed by atoms with Crippen molar-refractivity contribution >= 4 is 11.6 Å². The number of hydrogen-bond acceptors (Lipinski definition) is 2. The van der Waals surface area contributed by atoms with Crippen LogP contribution in [0.15, 0.2) is 84.0 Å². The van der Waals surface area contributed by atoms with Crippen molar-refractivity contribution in [3.63, 3.8) is 0 Å². The van der Waals surface area contributed by atoms with E-state index in [0.29, 0.717) is 0 Å². The minimum atomic E-state index is -0.281. The highest BCUT2D eigenvalue weighted by Crippen LogP contribution is 2.59. The third-order valence-electron chi connectivity index (χ3n) is 6.09. The first-order valence-corrected chi connectivity index (χ1v) is 10.6. The van der Waals surface area contributed by atoms with Crippen LogP contribution in [0.5, 0.6) is 0 Å². The van der Waals surface area contributed by atoms with E-state index in [-0.39, 0.29) is 17.2 Å². The lowest BCUT2D eigenvalue weighted by atomic mass is 9.84. The Hall–Kier alpha value is -3.20. The van der Waals surface area contributed by atoms with Gasteiger partial charge in [-0.3, -0.25) is 4.79 Å². The maximum absolute atomic E-state index is 13.2. The SMILES string of the molecule is CC/C(=N/NC(=O)C1CC1(c1cccc(C)c1)c1cccc(C)c1)c1ccccc1. The van der Waals surface area contributed by atoms with Crippen molar-refractivity contribution in [2.45, 2.75) is 39.0 Å². The molecule has 0 heterocycles. The van der Waals surface area contributed by atoms with Crippen LogP contribution < -0.4 is 5.43 Å². The lowest BCUT2D eigenvalue weighted by molar-refractivity contribution is -0.122. The zero-order valence-electron chi connectivity index (χ0n) is 17.9. The van der Waals surface area contributed by atoms with Crippen molar-refractivity contribution in [1.82, 2.24) is 5.43 Å². The van der Waals surface area contributed by atoms with Gasteiger partial charge in [-0.15, -0.1) is 0 Å². The van der Waals surface area contributed by atoms with Crippen LogP contribution in [0.25, 0.3) is 0 Å². The first-order valence-electron chi connectivity index (χ1n) is 10.6. The van der Waals surface area contributed by atoms with Gasteiger partial charge in [0.25, 0.3) is 0 Å². The largest absolute Gasteiger partial charge is 0.273 e. The van der Waals surface area contributed by atoms with Gasteiger partial charge >= 0.3 is 0 Å². The highest BCUT2D eigenvalue weighted by molar-refractivity contribution is 6.01. The first-order chi connectivity index (χ1) is 14.5. The molecule has 3 aromatic rings. The topological polar surface area (TPSA) is 41.5 Å². The van der Waals surface area contributed by atoms with Crippen LogP contribution in [-0.2, 0) is 10.2 Å². The van der Waals surface area contributed by atoms with E-state index in [0.717, 1.165) is 24.1 Å². The Morgan fingerprint density at radius 2 is 1.53 bits per heavy atom. The molecule has 3 nitrogen and oxygen atoms in total. The van der Waals surface area contributed by atoms with Crippen LogP contribution in [0.4, 0.5) is 0 Å². The van der Waals surface area contributed by atoms with Crippen LogP contribution in [0, 0.1) is 19.8 Å². The number of hydrogen-bond donors (Lipinski definition) is 1. The fourth-order valence-electron chi connectivity index (χ4n) is 4.41. The molecule has 0 aliphatic heterocycles. The molecule has 152 valence electrons. The minimum Gasteiger partial charge on any atom is -0.273 e. The molecule has 0 spiro atoms. The summed E-state index contributed by atoms with van der Waals surface area (Å²) in [5.74, 6) is -0.140. The van der Waals surface area contributed by atoms with Crippen LogP contribution in [0.2, 0.25) is 0 Å². The third-order valence-corrected chi connectivity index (χ3v) is 6.09. The van der Waals surface area contributed by atoms with Gasteiger partial charge in [0.05, 0.1) is 11.6 Å². The smallest absolute Gasteiger partial charge is 0.244 e. The molecule has 4 rings (SSSR count). The van der Waals surface area contributed by atoms with Gasteiger partial charge < -0.3 is 0 Å². The molecule has 3 aromatic carbocycles. The summed E-state index contributed by atoms with van der Waals surface area (Å²) in [7, 11) is 0. The summed E-state index contributed by atoms with van der Waals surface area (Å²) in [5, 5.41) is 4.48. The van der Waals surface area contributed by atoms with E-state index in [1.165, 1.54) is 22.3 Å². The average molecular weight is 397 g/mol. The maximum atomic E-state index is 13.2. The molecule has 30 heavy (non-hydrogen) atoms. The average Bonchev–Trinajstić information content (AvgIpc) is 3.52. The van der Waals surface area contributed by atoms with Crippen molar-refractivity contribution in [3.05, 3.63) is 107 Å². The van der Waals surface area contributed by atoms with E-state index in [1.807, 2.05) is 30.3 Å². The number of nitrogens with one attached hydrogen (secondary N) is 1. The summed E-state index contributed by atoms with van der Waals surface area (Å²) < 4.78 is 0. The van der Waals surface area contributed by atoms with Crippen molar-refractivity contribution < 1.29 is 4.79 Å². The number of carbonyl (C=O) groups is 1. The molecular weight excluding hydrogens is 368 g/mol. The van der Waals surface area contributed by atoms with Gasteiger partial charge in [0.1, 0.15) is 0 Å². The van der Waals surface area contributed by atoms with Crippen molar-refractivity contribution in [3.8, 4) is 0 Å². The molecule has 1 saturated carbocycles. The molecule has 1 aliphatic carbocycles. The third kappa shape index (κ3) is 3.80. The lowest BCUT2D eigenvalue weighted by Gasteiger charge is -2.20. The second-order valence-electron chi connectivity index (χ2n) is 8.22. The van der Waals surface area contributed by atoms with E-state index in [9.17, 15) is 4.79 Å². The Bertz CT molecular complexity index is 1040. The van der Waals surface area contributed by atoms with E-state index >= 15 is 0 Å². The Morgan fingerprint density at radius 1 is 0.933 bits per heavy atom. The molecule has 0 bridgehead atoms. The van der Waals surface area contributed by atoms with E-state index in [1.54, 1.807) is 0 Å². The fraction of sp³-hybridized carbons (Fsp3) is 0.259. The number of amides is 1. The van der Waals surface area contributed by atoms with E-state index in [2.05, 4.69) is 79.8 Å². The Kier molecular flexibility index (Phi) is 5.54. The van der Waals surface area contributed by atoms with Crippen molar-refractivity contribution in [2.75, 3.05) is 0 Å². The summed E-state index contributed by atoms with van der Waals surface area (Å²) >= 11 is 0. The highest BCUT2D eigenvalue weighted by atomic mass is 16.2. The quantitative estimate of drug-likeness (QED) is 0.431. The number of benzene rings is 3. The second kappa shape index (κ2) is 8.27. The number of hydrazone groups is 1. The summed E-state index contributed by atoms with van der Waals surface area (Å²) in [5.41, 5.74) is 9.34. The highest BCUT2D eigenvalue weighted by Gasteiger charge is 2.60. The predicted octanol–water partition coefficient (Wildman–Crippen LogP) is 5.54. The minimum absolute atomic E-state index is 0.0140. The van der Waals surface area contributed by atoms with Crippen LogP contribution in [0.3, 0.4) is 0 Å². The molecule has 1 aliphatic rings. The molecule has 1 amide bonds. The molecule has 1 N–H and O–H groups in total. The van der Waals surface area contributed by atoms with Crippen LogP contribution in [0.1, 0.15) is 47.6 Å². The number of rotatable bonds is 6. The number of carbonyl (C=O) groups excluding carboxylic acids is 1. The Balaban J connectivity index is 1.63. The molecule has 0 aromatic heterocycles. The van der Waals surface area contributed by atoms with Gasteiger partial charge in [0.2, 0.25) is 5.91 Å². The fourth-order valence-corrected chi connectivity index (χ4v) is 4.41. The molecule has 3 heteroatoms. The predicted molar refractivity (Wildman–Crippen MR) is 123 cm³/mol. The molecule has 1 unspecified atom stereocenters. The van der Waals surface area contributed by atoms with Crippen molar-refractivity contribution in [2.24, 2.45) is 11.0 Å². The van der Waals surface area contributed by atoms with Crippen LogP contribution >= 0.6 is 0 Å². The zero-order valence-corrected chi connectivity index (χ0v) is 17.9. The summed E-state index contributed by atoms with van der Waals surface area (Å²) in [4.78, 5) is 13.2. The molecule has 1 fully saturated rings. The van der Waals surface area contributed by atoms with E-state index in [4.69, 9.17) is 0 Å². The van der Waals surface area contributed by atoms with Gasteiger partial charge in [-0.05, 0) is 43.4 Å². The monoisotopic (exact) mass is 396 g/mol. The normalized spacial score (nSPS) is 17.4. The summed E-state index contributed by atoms with van der Waals surface area (Å²) in [6.45, 7) is 6.25. The van der Waals surface area contributed by atoms with Gasteiger partial charge in [-0.1, -0.05) is 96.9 Å². The standard InChI is InChI=1S/C27H28N2O/c1-4-25(21-12-6-5-7-13-21)28-29-26(30)24-18-27(24,22-14-8-10-19(2)16-22)23-15-9-11-20(3)17-23/h5-17,24H,4,18H2,1-3H3,(H,29,30)/b28-25-. The van der Waals surface area contributed by atoms with Gasteiger partial charge in [-0.2, -0.15) is 5.10 Å². The second-order valence-corrected chi connectivity index (χ2v) is 8.22. The van der Waals surface area contributed by atoms with Crippen LogP contribution in [-0.4, -0.2) is 11.6 Å². The zero-order chi connectivity index (χ0) is 21.1. The summed E-state index contributed by atoms with van der Waals surface area (Å²) in [6.07, 6.45) is 1.56. The molecule has 1 atom stereocenters. The Morgan fingerprint density at radius 3 is 2.07 bits per heavy atom. The number of nitrogens with zero attached hydrogens (tertiary/aromatic N) is 1. The van der Waals surface area contributed by atoms with Crippen molar-refractivity contribution in [1.29, 1.82) is 0 Å². The lowest BCUT2D eigenvalue weighted by Crippen LogP contribution is -2.26. The molecule has 0 radical (unpaired) electrons. The maximum Gasteiger partial charge on any atom is 0.244 e. The van der Waals surface area contributed by atoms with E-state index < -0.39 is 0 Å². The number of aryl methyl sites for hydroxylation is 2. The van der Waals surface area contributed by atoms with Gasteiger partial charge in [-0.25, -0.2) is 5.43 Å². The summed E-state index contributed by atoms with van der Waals surface area (Å²) in [6, 6.07) is 27.1. The van der Waals surface area contributed by atoms with Gasteiger partial charge in [0, 0.05) is 5.41 Å². The Labute approximate surface area is 178 Å².